The highest BCUT2D eigenvalue weighted by Crippen LogP contribution is 2.11. The van der Waals surface area contributed by atoms with Gasteiger partial charge in [0.2, 0.25) is 0 Å². The second-order valence-electron chi connectivity index (χ2n) is 5.54. The number of pyridine rings is 2. The van der Waals surface area contributed by atoms with E-state index in [9.17, 15) is 0 Å². The third kappa shape index (κ3) is 6.04. The van der Waals surface area contributed by atoms with Gasteiger partial charge in [-0.3, -0.25) is 10.4 Å². The van der Waals surface area contributed by atoms with Crippen LogP contribution in [0.25, 0.3) is 0 Å². The van der Waals surface area contributed by atoms with Gasteiger partial charge in [-0.1, -0.05) is 0 Å². The first-order valence-corrected chi connectivity index (χ1v) is 8.35. The van der Waals surface area contributed by atoms with E-state index < -0.39 is 0 Å². The van der Waals surface area contributed by atoms with E-state index in [4.69, 9.17) is 26.4 Å². The first kappa shape index (κ1) is 19.2. The lowest BCUT2D eigenvalue weighted by Crippen LogP contribution is -2.14. The number of aliphatic imine (C=N–C) groups is 1. The van der Waals surface area contributed by atoms with Crippen LogP contribution in [0.3, 0.4) is 0 Å². The van der Waals surface area contributed by atoms with Gasteiger partial charge in [-0.15, -0.1) is 0 Å². The fourth-order valence-corrected chi connectivity index (χ4v) is 2.12. The number of aromatic nitrogens is 2. The van der Waals surface area contributed by atoms with Crippen LogP contribution in [-0.2, 0) is 0 Å². The molecule has 2 aromatic heterocycles. The zero-order valence-electron chi connectivity index (χ0n) is 14.8. The number of hydrogen-bond acceptors (Lipinski definition) is 6. The van der Waals surface area contributed by atoms with E-state index >= 15 is 0 Å². The Morgan fingerprint density at radius 1 is 0.923 bits per heavy atom. The minimum absolute atomic E-state index is 0.0525. The van der Waals surface area contributed by atoms with Gasteiger partial charge < -0.3 is 20.9 Å². The Morgan fingerprint density at radius 3 is 1.88 bits per heavy atom. The van der Waals surface area contributed by atoms with Gasteiger partial charge in [-0.2, -0.15) is 0 Å². The van der Waals surface area contributed by atoms with Crippen molar-refractivity contribution in [3.8, 4) is 11.5 Å². The summed E-state index contributed by atoms with van der Waals surface area (Å²) < 4.78 is 11.3. The first-order valence-electron chi connectivity index (χ1n) is 8.35. The van der Waals surface area contributed by atoms with E-state index in [1.165, 1.54) is 0 Å². The van der Waals surface area contributed by atoms with E-state index in [1.807, 2.05) is 6.07 Å². The van der Waals surface area contributed by atoms with E-state index in [0.717, 1.165) is 19.3 Å². The van der Waals surface area contributed by atoms with Gasteiger partial charge in [0.05, 0.1) is 25.6 Å². The molecule has 0 unspecified atom stereocenters. The number of nitrogen functional groups attached to an aromatic ring is 1. The molecule has 0 radical (unpaired) electrons. The molecule has 0 atom stereocenters. The molecule has 0 fully saturated rings. The van der Waals surface area contributed by atoms with Gasteiger partial charge in [-0.05, 0) is 43.5 Å². The molecule has 2 rings (SSSR count). The van der Waals surface area contributed by atoms with Crippen LogP contribution in [-0.4, -0.2) is 41.9 Å². The summed E-state index contributed by atoms with van der Waals surface area (Å²) in [5.41, 5.74) is 12.1. The Labute approximate surface area is 152 Å². The molecule has 0 saturated carbocycles. The van der Waals surface area contributed by atoms with Crippen LogP contribution >= 0.6 is 0 Å². The van der Waals surface area contributed by atoms with Gasteiger partial charge in [-0.25, -0.2) is 9.97 Å². The molecule has 0 aliphatic heterocycles. The lowest BCUT2D eigenvalue weighted by atomic mass is 10.2. The largest absolute Gasteiger partial charge is 0.492 e. The molecule has 0 amide bonds. The highest BCUT2D eigenvalue weighted by molar-refractivity contribution is 5.95. The van der Waals surface area contributed by atoms with Gasteiger partial charge >= 0.3 is 0 Å². The summed E-state index contributed by atoms with van der Waals surface area (Å²) in [5.74, 6) is 1.74. The van der Waals surface area contributed by atoms with Crippen molar-refractivity contribution in [2.24, 2.45) is 16.5 Å². The molecule has 0 spiro atoms. The Balaban J connectivity index is 1.58. The smallest absolute Gasteiger partial charge is 0.144 e. The van der Waals surface area contributed by atoms with Gasteiger partial charge in [0.25, 0.3) is 0 Å². The number of nitrogens with two attached hydrogens (primary N) is 2. The molecule has 8 heteroatoms. The first-order chi connectivity index (χ1) is 12.6. The molecule has 5 N–H and O–H groups in total. The minimum Gasteiger partial charge on any atom is -0.492 e. The lowest BCUT2D eigenvalue weighted by molar-refractivity contribution is 0.278. The van der Waals surface area contributed by atoms with Crippen LogP contribution in [0, 0.1) is 5.41 Å². The number of ether oxygens (including phenoxy) is 2. The van der Waals surface area contributed by atoms with Crippen LogP contribution in [0.4, 0.5) is 0 Å². The molecule has 0 bridgehead atoms. The summed E-state index contributed by atoms with van der Waals surface area (Å²) in [6.07, 6.45) is 6.05. The Bertz CT molecular complexity index is 728. The summed E-state index contributed by atoms with van der Waals surface area (Å²) in [7, 11) is 1.63. The third-order valence-electron chi connectivity index (χ3n) is 3.58. The van der Waals surface area contributed by atoms with Crippen molar-refractivity contribution in [2.75, 3.05) is 20.3 Å². The van der Waals surface area contributed by atoms with Crippen LogP contribution in [0.1, 0.15) is 30.7 Å². The predicted molar refractivity (Wildman–Crippen MR) is 101 cm³/mol. The summed E-state index contributed by atoms with van der Waals surface area (Å²) in [6.45, 7) is 1.22. The Hall–Kier alpha value is -3.16. The van der Waals surface area contributed by atoms with Crippen molar-refractivity contribution in [2.45, 2.75) is 19.3 Å². The molecule has 2 aromatic rings. The number of rotatable bonds is 10. The average molecular weight is 356 g/mol. The van der Waals surface area contributed by atoms with Crippen molar-refractivity contribution < 1.29 is 9.47 Å². The van der Waals surface area contributed by atoms with E-state index in [2.05, 4.69) is 15.0 Å². The van der Waals surface area contributed by atoms with E-state index in [0.29, 0.717) is 41.9 Å². The molecule has 0 aliphatic carbocycles. The zero-order chi connectivity index (χ0) is 18.8. The molecule has 0 saturated heterocycles. The molecule has 0 aliphatic rings. The number of nitrogens with zero attached hydrogens (tertiary/aromatic N) is 3. The van der Waals surface area contributed by atoms with Gasteiger partial charge in [0.1, 0.15) is 34.6 Å². The molecule has 138 valence electrons. The highest BCUT2D eigenvalue weighted by atomic mass is 16.5. The van der Waals surface area contributed by atoms with Crippen LogP contribution < -0.4 is 20.9 Å². The summed E-state index contributed by atoms with van der Waals surface area (Å²) in [4.78, 5) is 12.1. The number of nitrogens with one attached hydrogen (secondary N) is 1. The third-order valence-corrected chi connectivity index (χ3v) is 3.58. The summed E-state index contributed by atoms with van der Waals surface area (Å²) in [6, 6.07) is 7.06. The number of unbranched alkanes of at least 4 members (excludes halogenated alkanes) is 2. The van der Waals surface area contributed by atoms with Crippen molar-refractivity contribution in [3.63, 3.8) is 0 Å². The molecule has 2 heterocycles. The summed E-state index contributed by atoms with van der Waals surface area (Å²) in [5, 5.41) is 7.29. The molecular weight excluding hydrogens is 332 g/mol. The lowest BCUT2D eigenvalue weighted by Gasteiger charge is -2.08. The molecule has 26 heavy (non-hydrogen) atoms. The average Bonchev–Trinajstić information content (AvgIpc) is 2.67. The second-order valence-corrected chi connectivity index (χ2v) is 5.54. The topological polar surface area (TPSA) is 132 Å². The number of hydrogen-bond donors (Lipinski definition) is 3. The second kappa shape index (κ2) is 9.97. The van der Waals surface area contributed by atoms with Gasteiger partial charge in [0.15, 0.2) is 0 Å². The standard InChI is InChI=1S/C18H24N6O2/c1-22-18(21)16-8-6-14(12-24-16)26-10-4-2-3-9-25-13-5-7-15(17(19)20)23-11-13/h5-8,11-12H,2-4,9-10H2,1H3,(H3,19,20)(H2,21,22). The van der Waals surface area contributed by atoms with Crippen molar-refractivity contribution in [1.29, 1.82) is 5.41 Å². The summed E-state index contributed by atoms with van der Waals surface area (Å²) >= 11 is 0. The van der Waals surface area contributed by atoms with Gasteiger partial charge in [0, 0.05) is 7.05 Å². The fourth-order valence-electron chi connectivity index (χ4n) is 2.12. The maximum atomic E-state index is 7.29. The highest BCUT2D eigenvalue weighted by Gasteiger charge is 2.01. The van der Waals surface area contributed by atoms with Crippen LogP contribution in [0.5, 0.6) is 11.5 Å². The monoisotopic (exact) mass is 356 g/mol. The Morgan fingerprint density at radius 2 is 1.46 bits per heavy atom. The van der Waals surface area contributed by atoms with Crippen molar-refractivity contribution >= 4 is 11.7 Å². The maximum Gasteiger partial charge on any atom is 0.144 e. The fraction of sp³-hybridized carbons (Fsp3) is 0.333. The number of amidine groups is 2. The van der Waals surface area contributed by atoms with Crippen LogP contribution in [0.15, 0.2) is 41.7 Å². The predicted octanol–water partition coefficient (Wildman–Crippen LogP) is 1.72. The SMILES string of the molecule is CN=C(N)c1ccc(OCCCCCOc2ccc(C(=N)N)nc2)cn1. The van der Waals surface area contributed by atoms with E-state index in [-0.39, 0.29) is 5.84 Å². The quantitative estimate of drug-likeness (QED) is 0.337. The van der Waals surface area contributed by atoms with Crippen molar-refractivity contribution in [1.82, 2.24) is 9.97 Å². The Kier molecular flexibility index (Phi) is 7.35. The minimum atomic E-state index is -0.0525. The molecular formula is C18H24N6O2. The van der Waals surface area contributed by atoms with Crippen molar-refractivity contribution in [3.05, 3.63) is 48.0 Å². The van der Waals surface area contributed by atoms with Crippen LogP contribution in [0.2, 0.25) is 0 Å². The molecule has 0 aromatic carbocycles. The van der Waals surface area contributed by atoms with E-state index in [1.54, 1.807) is 37.6 Å². The normalized spacial score (nSPS) is 11.2. The molecule has 8 nitrogen and oxygen atoms in total. The zero-order valence-corrected chi connectivity index (χ0v) is 14.8. The maximum absolute atomic E-state index is 7.29.